The van der Waals surface area contributed by atoms with Crippen LogP contribution in [0.3, 0.4) is 0 Å². The maximum absolute atomic E-state index is 11.0. The van der Waals surface area contributed by atoms with Gasteiger partial charge in [0.1, 0.15) is 0 Å². The van der Waals surface area contributed by atoms with Crippen LogP contribution in [0.5, 0.6) is 0 Å². The van der Waals surface area contributed by atoms with Gasteiger partial charge in [0.25, 0.3) is 10.1 Å². The summed E-state index contributed by atoms with van der Waals surface area (Å²) in [5.74, 6) is -0.854. The quantitative estimate of drug-likeness (QED) is 0.529. The van der Waals surface area contributed by atoms with E-state index in [1.54, 1.807) is 20.8 Å². The summed E-state index contributed by atoms with van der Waals surface area (Å²) in [6.45, 7) is 5.99. The minimum absolute atomic E-state index is 0.139. The molecule has 0 aliphatic carbocycles. The monoisotopic (exact) mass is 221 g/mol. The molecule has 0 aromatic heterocycles. The fourth-order valence-electron chi connectivity index (χ4n) is 1.25. The van der Waals surface area contributed by atoms with Crippen LogP contribution in [0.15, 0.2) is 10.5 Å². The second kappa shape index (κ2) is 3.70. The first kappa shape index (κ1) is 13.1. The van der Waals surface area contributed by atoms with Gasteiger partial charge in [-0.2, -0.15) is 8.42 Å². The van der Waals surface area contributed by atoms with E-state index in [9.17, 15) is 13.2 Å². The summed E-state index contributed by atoms with van der Waals surface area (Å²) in [5, 5.41) is 0. The van der Waals surface area contributed by atoms with Gasteiger partial charge < -0.3 is 5.73 Å². The zero-order valence-electron chi connectivity index (χ0n) is 8.66. The summed E-state index contributed by atoms with van der Waals surface area (Å²) < 4.78 is 31.0. The molecule has 0 aromatic carbocycles. The Kier molecular flexibility index (Phi) is 3.47. The van der Waals surface area contributed by atoms with Gasteiger partial charge in [-0.15, -0.1) is 0 Å². The van der Waals surface area contributed by atoms with Gasteiger partial charge >= 0.3 is 0 Å². The second-order valence-electron chi connectivity index (χ2n) is 4.04. The van der Waals surface area contributed by atoms with Crippen LogP contribution in [0.1, 0.15) is 27.7 Å². The van der Waals surface area contributed by atoms with Crippen LogP contribution >= 0.6 is 0 Å². The molecule has 0 fully saturated rings. The van der Waals surface area contributed by atoms with Crippen molar-refractivity contribution < 1.29 is 17.8 Å². The van der Waals surface area contributed by atoms with Crippen molar-refractivity contribution in [2.75, 3.05) is 0 Å². The predicted molar refractivity (Wildman–Crippen MR) is 52.9 cm³/mol. The van der Waals surface area contributed by atoms with Crippen molar-refractivity contribution in [3.8, 4) is 0 Å². The topological polar surface area (TPSA) is 97.5 Å². The maximum Gasteiger partial charge on any atom is 0.291 e. The molecule has 5 nitrogen and oxygen atoms in total. The van der Waals surface area contributed by atoms with Crippen LogP contribution in [0.2, 0.25) is 0 Å². The summed E-state index contributed by atoms with van der Waals surface area (Å²) in [4.78, 5) is 10.5. The number of primary amides is 1. The number of carbonyl (C=O) groups is 1. The Morgan fingerprint density at radius 3 is 1.71 bits per heavy atom. The lowest BCUT2D eigenvalue weighted by Gasteiger charge is -2.21. The van der Waals surface area contributed by atoms with Crippen LogP contribution in [-0.2, 0) is 14.9 Å². The molecular weight excluding hydrogens is 206 g/mol. The number of hydrogen-bond acceptors (Lipinski definition) is 3. The smallest absolute Gasteiger partial charge is 0.291 e. The highest BCUT2D eigenvalue weighted by atomic mass is 32.2. The van der Waals surface area contributed by atoms with Crippen LogP contribution in [0.4, 0.5) is 0 Å². The molecule has 3 N–H and O–H groups in total. The van der Waals surface area contributed by atoms with Crippen molar-refractivity contribution in [2.24, 2.45) is 11.1 Å². The maximum atomic E-state index is 11.0. The van der Waals surface area contributed by atoms with Crippen molar-refractivity contribution in [1.82, 2.24) is 0 Å². The number of nitrogens with two attached hydrogens (primary N) is 1. The number of allylic oxidation sites excluding steroid dienone is 1. The zero-order valence-corrected chi connectivity index (χ0v) is 9.47. The van der Waals surface area contributed by atoms with E-state index in [0.717, 1.165) is 0 Å². The minimum atomic E-state index is -4.39. The van der Waals surface area contributed by atoms with E-state index >= 15 is 0 Å². The Labute approximate surface area is 83.7 Å². The SMILES string of the molecule is C/C(C(N)=O)=C(/C(C)(C)C)S(=O)(=O)O. The molecule has 0 unspecified atom stereocenters. The Morgan fingerprint density at radius 2 is 1.64 bits per heavy atom. The summed E-state index contributed by atoms with van der Waals surface area (Å²) in [5.41, 5.74) is 3.96. The van der Waals surface area contributed by atoms with E-state index in [4.69, 9.17) is 10.3 Å². The summed E-state index contributed by atoms with van der Waals surface area (Å²) in [6, 6.07) is 0. The van der Waals surface area contributed by atoms with Gasteiger partial charge in [0.05, 0.1) is 4.91 Å². The van der Waals surface area contributed by atoms with Gasteiger partial charge in [0, 0.05) is 11.0 Å². The largest absolute Gasteiger partial charge is 0.366 e. The van der Waals surface area contributed by atoms with E-state index in [1.165, 1.54) is 6.92 Å². The third-order valence-corrected chi connectivity index (χ3v) is 3.08. The molecular formula is C8H15NO4S. The Balaban J connectivity index is 5.84. The first-order valence-corrected chi connectivity index (χ1v) is 5.40. The van der Waals surface area contributed by atoms with Gasteiger partial charge in [-0.3, -0.25) is 9.35 Å². The van der Waals surface area contributed by atoms with Crippen molar-refractivity contribution in [1.29, 1.82) is 0 Å². The average Bonchev–Trinajstić information content (AvgIpc) is 1.79. The van der Waals surface area contributed by atoms with E-state index in [2.05, 4.69) is 0 Å². The third-order valence-electron chi connectivity index (χ3n) is 1.65. The Hall–Kier alpha value is -0.880. The highest BCUT2D eigenvalue weighted by molar-refractivity contribution is 7.89. The average molecular weight is 221 g/mol. The molecule has 0 saturated carbocycles. The molecule has 0 aliphatic heterocycles. The van der Waals surface area contributed by atoms with Crippen molar-refractivity contribution in [3.63, 3.8) is 0 Å². The van der Waals surface area contributed by atoms with Gasteiger partial charge in [-0.05, 0) is 6.92 Å². The molecule has 0 aliphatic rings. The highest BCUT2D eigenvalue weighted by Gasteiger charge is 2.31. The van der Waals surface area contributed by atoms with Crippen LogP contribution in [0, 0.1) is 5.41 Å². The lowest BCUT2D eigenvalue weighted by atomic mass is 9.93. The standard InChI is InChI=1S/C8H15NO4S/c1-5(7(9)10)6(8(2,3)4)14(11,12)13/h1-4H3,(H2,9,10)(H,11,12,13)/b6-5+. The summed E-state index contributed by atoms with van der Waals surface area (Å²) >= 11 is 0. The molecule has 0 rings (SSSR count). The first-order chi connectivity index (χ1) is 5.98. The zero-order chi connectivity index (χ0) is 11.7. The molecule has 82 valence electrons. The first-order valence-electron chi connectivity index (χ1n) is 3.96. The molecule has 0 aromatic rings. The number of hydrogen-bond donors (Lipinski definition) is 2. The molecule has 1 amide bonds. The highest BCUT2D eigenvalue weighted by Crippen LogP contribution is 2.31. The Morgan fingerprint density at radius 1 is 1.29 bits per heavy atom. The number of carbonyl (C=O) groups excluding carboxylic acids is 1. The minimum Gasteiger partial charge on any atom is -0.366 e. The van der Waals surface area contributed by atoms with Crippen molar-refractivity contribution in [3.05, 3.63) is 10.5 Å². The van der Waals surface area contributed by atoms with Crippen molar-refractivity contribution >= 4 is 16.0 Å². The van der Waals surface area contributed by atoms with Crippen molar-refractivity contribution in [2.45, 2.75) is 27.7 Å². The number of rotatable bonds is 2. The second-order valence-corrected chi connectivity index (χ2v) is 5.40. The molecule has 0 bridgehead atoms. The summed E-state index contributed by atoms with van der Waals surface area (Å²) in [6.07, 6.45) is 0. The molecule has 6 heteroatoms. The molecule has 0 saturated heterocycles. The van der Waals surface area contributed by atoms with Gasteiger partial charge in [0.15, 0.2) is 0 Å². The number of amides is 1. The molecule has 14 heavy (non-hydrogen) atoms. The van der Waals surface area contributed by atoms with Gasteiger partial charge in [-0.1, -0.05) is 20.8 Å². The molecule has 0 atom stereocenters. The van der Waals surface area contributed by atoms with E-state index in [-0.39, 0.29) is 10.5 Å². The lowest BCUT2D eigenvalue weighted by Crippen LogP contribution is -2.24. The van der Waals surface area contributed by atoms with E-state index < -0.39 is 21.4 Å². The van der Waals surface area contributed by atoms with Gasteiger partial charge in [0.2, 0.25) is 5.91 Å². The normalized spacial score (nSPS) is 14.9. The molecule has 0 radical (unpaired) electrons. The van der Waals surface area contributed by atoms with Crippen LogP contribution < -0.4 is 5.73 Å². The predicted octanol–water partition coefficient (Wildman–Crippen LogP) is 0.680. The lowest BCUT2D eigenvalue weighted by molar-refractivity contribution is -0.114. The fourth-order valence-corrected chi connectivity index (χ4v) is 2.52. The molecule has 0 heterocycles. The van der Waals surface area contributed by atoms with Crippen LogP contribution in [-0.4, -0.2) is 18.9 Å². The van der Waals surface area contributed by atoms with Gasteiger partial charge in [-0.25, -0.2) is 0 Å². The third kappa shape index (κ3) is 3.12. The van der Waals surface area contributed by atoms with Crippen LogP contribution in [0.25, 0.3) is 0 Å². The van der Waals surface area contributed by atoms with E-state index in [1.807, 2.05) is 0 Å². The van der Waals surface area contributed by atoms with E-state index in [0.29, 0.717) is 0 Å². The Bertz CT molecular complexity index is 373. The summed E-state index contributed by atoms with van der Waals surface area (Å²) in [7, 11) is -4.39. The molecule has 0 spiro atoms. The fraction of sp³-hybridized carbons (Fsp3) is 0.625.